The molecule has 100 valence electrons. The van der Waals surface area contributed by atoms with E-state index < -0.39 is 0 Å². The number of rotatable bonds is 5. The number of nitrogens with two attached hydrogens (primary N) is 1. The molecular weight excluding hydrogens is 228 g/mol. The van der Waals surface area contributed by atoms with Gasteiger partial charge in [-0.1, -0.05) is 12.1 Å². The molecule has 1 saturated heterocycles. The molecule has 4 nitrogen and oxygen atoms in total. The minimum absolute atomic E-state index is 0.178. The highest BCUT2D eigenvalue weighted by Crippen LogP contribution is 2.21. The van der Waals surface area contributed by atoms with Crippen LogP contribution in [0.15, 0.2) is 24.3 Å². The summed E-state index contributed by atoms with van der Waals surface area (Å²) in [4.78, 5) is 2.41. The first-order valence-corrected chi connectivity index (χ1v) is 6.57. The summed E-state index contributed by atoms with van der Waals surface area (Å²) >= 11 is 0. The Morgan fingerprint density at radius 2 is 2.06 bits per heavy atom. The van der Waals surface area contributed by atoms with E-state index in [1.807, 2.05) is 24.3 Å². The normalized spacial score (nSPS) is 18.5. The van der Waals surface area contributed by atoms with E-state index in [0.29, 0.717) is 5.69 Å². The number of ether oxygens (including phenoxy) is 2. The lowest BCUT2D eigenvalue weighted by Crippen LogP contribution is -2.38. The highest BCUT2D eigenvalue weighted by molar-refractivity contribution is 5.51. The number of nitrogen functional groups attached to an aromatic ring is 1. The fourth-order valence-corrected chi connectivity index (χ4v) is 2.05. The average molecular weight is 250 g/mol. The summed E-state index contributed by atoms with van der Waals surface area (Å²) in [5.74, 6) is 0.784. The molecule has 0 amide bonds. The Hall–Kier alpha value is -1.26. The van der Waals surface area contributed by atoms with E-state index in [1.165, 1.54) is 0 Å². The number of hydrogen-bond acceptors (Lipinski definition) is 4. The summed E-state index contributed by atoms with van der Waals surface area (Å²) in [7, 11) is 0. The fourth-order valence-electron chi connectivity index (χ4n) is 2.05. The molecule has 18 heavy (non-hydrogen) atoms. The van der Waals surface area contributed by atoms with E-state index >= 15 is 0 Å². The van der Waals surface area contributed by atoms with Crippen LogP contribution >= 0.6 is 0 Å². The quantitative estimate of drug-likeness (QED) is 0.809. The SMILES string of the molecule is CC(CCN1CCOCC1)Oc1ccccc1N. The summed E-state index contributed by atoms with van der Waals surface area (Å²) in [6.07, 6.45) is 1.19. The van der Waals surface area contributed by atoms with E-state index in [2.05, 4.69) is 11.8 Å². The van der Waals surface area contributed by atoms with Crippen molar-refractivity contribution in [2.45, 2.75) is 19.4 Å². The number of hydrogen-bond donors (Lipinski definition) is 1. The van der Waals surface area contributed by atoms with Crippen molar-refractivity contribution in [1.29, 1.82) is 0 Å². The highest BCUT2D eigenvalue weighted by atomic mass is 16.5. The molecule has 1 heterocycles. The van der Waals surface area contributed by atoms with E-state index in [-0.39, 0.29) is 6.10 Å². The van der Waals surface area contributed by atoms with Gasteiger partial charge in [0.05, 0.1) is 25.0 Å². The van der Waals surface area contributed by atoms with Crippen LogP contribution in [0.4, 0.5) is 5.69 Å². The van der Waals surface area contributed by atoms with Crippen molar-refractivity contribution in [3.05, 3.63) is 24.3 Å². The Labute approximate surface area is 109 Å². The topological polar surface area (TPSA) is 47.7 Å². The molecule has 0 spiro atoms. The van der Waals surface area contributed by atoms with Crippen molar-refractivity contribution in [3.8, 4) is 5.75 Å². The predicted molar refractivity (Wildman–Crippen MR) is 72.8 cm³/mol. The van der Waals surface area contributed by atoms with Crippen molar-refractivity contribution in [3.63, 3.8) is 0 Å². The molecule has 4 heteroatoms. The van der Waals surface area contributed by atoms with Crippen molar-refractivity contribution in [1.82, 2.24) is 4.90 Å². The Bertz CT molecular complexity index is 365. The van der Waals surface area contributed by atoms with Crippen LogP contribution in [0.3, 0.4) is 0 Å². The molecule has 1 unspecified atom stereocenters. The van der Waals surface area contributed by atoms with E-state index in [0.717, 1.165) is 45.0 Å². The van der Waals surface area contributed by atoms with Gasteiger partial charge in [0.1, 0.15) is 5.75 Å². The molecule has 1 aromatic rings. The van der Waals surface area contributed by atoms with Crippen LogP contribution in [-0.4, -0.2) is 43.9 Å². The van der Waals surface area contributed by atoms with Gasteiger partial charge in [0.25, 0.3) is 0 Å². The largest absolute Gasteiger partial charge is 0.489 e. The maximum atomic E-state index is 5.86. The number of anilines is 1. The van der Waals surface area contributed by atoms with Gasteiger partial charge in [-0.15, -0.1) is 0 Å². The van der Waals surface area contributed by atoms with Gasteiger partial charge in [0, 0.05) is 19.6 Å². The molecule has 1 fully saturated rings. The summed E-state index contributed by atoms with van der Waals surface area (Å²) in [6.45, 7) is 6.90. The standard InChI is InChI=1S/C14H22N2O2/c1-12(6-7-16-8-10-17-11-9-16)18-14-5-3-2-4-13(14)15/h2-5,12H,6-11,15H2,1H3. The van der Waals surface area contributed by atoms with Crippen LogP contribution in [0, 0.1) is 0 Å². The zero-order valence-corrected chi connectivity index (χ0v) is 11.0. The zero-order chi connectivity index (χ0) is 12.8. The third-order valence-electron chi connectivity index (χ3n) is 3.20. The number of morpholine rings is 1. The molecule has 1 aliphatic rings. The molecule has 2 N–H and O–H groups in total. The molecule has 1 atom stereocenters. The van der Waals surface area contributed by atoms with Gasteiger partial charge in [0.2, 0.25) is 0 Å². The maximum Gasteiger partial charge on any atom is 0.142 e. The van der Waals surface area contributed by atoms with E-state index in [4.69, 9.17) is 15.2 Å². The van der Waals surface area contributed by atoms with Gasteiger partial charge in [-0.05, 0) is 25.5 Å². The molecule has 1 aliphatic heterocycles. The Kier molecular flexibility index (Phi) is 4.84. The molecular formula is C14H22N2O2. The lowest BCUT2D eigenvalue weighted by Gasteiger charge is -2.27. The average Bonchev–Trinajstić information content (AvgIpc) is 2.40. The van der Waals surface area contributed by atoms with Crippen LogP contribution in [0.2, 0.25) is 0 Å². The highest BCUT2D eigenvalue weighted by Gasteiger charge is 2.12. The van der Waals surface area contributed by atoms with E-state index in [1.54, 1.807) is 0 Å². The number of para-hydroxylation sites is 2. The van der Waals surface area contributed by atoms with Crippen LogP contribution in [0.1, 0.15) is 13.3 Å². The second kappa shape index (κ2) is 6.61. The van der Waals surface area contributed by atoms with Crippen LogP contribution < -0.4 is 10.5 Å². The lowest BCUT2D eigenvalue weighted by atomic mass is 10.2. The summed E-state index contributed by atoms with van der Waals surface area (Å²) in [5.41, 5.74) is 6.56. The molecule has 0 radical (unpaired) electrons. The minimum Gasteiger partial charge on any atom is -0.489 e. The lowest BCUT2D eigenvalue weighted by molar-refractivity contribution is 0.0327. The number of nitrogens with zero attached hydrogens (tertiary/aromatic N) is 1. The Balaban J connectivity index is 1.74. The Morgan fingerprint density at radius 1 is 1.33 bits per heavy atom. The van der Waals surface area contributed by atoms with Gasteiger partial charge in [-0.2, -0.15) is 0 Å². The van der Waals surface area contributed by atoms with Crippen molar-refractivity contribution in [2.75, 3.05) is 38.6 Å². The maximum absolute atomic E-state index is 5.86. The minimum atomic E-state index is 0.178. The molecule has 0 saturated carbocycles. The first kappa shape index (κ1) is 13.2. The van der Waals surface area contributed by atoms with Gasteiger partial charge in [0.15, 0.2) is 0 Å². The van der Waals surface area contributed by atoms with Gasteiger partial charge in [-0.3, -0.25) is 4.90 Å². The second-order valence-corrected chi connectivity index (χ2v) is 4.71. The molecule has 0 aliphatic carbocycles. The van der Waals surface area contributed by atoms with Gasteiger partial charge < -0.3 is 15.2 Å². The molecule has 0 bridgehead atoms. The third-order valence-corrected chi connectivity index (χ3v) is 3.20. The summed E-state index contributed by atoms with van der Waals surface area (Å²) < 4.78 is 11.2. The molecule has 2 rings (SSSR count). The van der Waals surface area contributed by atoms with Gasteiger partial charge >= 0.3 is 0 Å². The smallest absolute Gasteiger partial charge is 0.142 e. The summed E-state index contributed by atoms with van der Waals surface area (Å²) in [5, 5.41) is 0. The number of benzene rings is 1. The predicted octanol–water partition coefficient (Wildman–Crippen LogP) is 1.76. The molecule has 0 aromatic heterocycles. The van der Waals surface area contributed by atoms with E-state index in [9.17, 15) is 0 Å². The first-order chi connectivity index (χ1) is 8.75. The van der Waals surface area contributed by atoms with Crippen LogP contribution in [0.25, 0.3) is 0 Å². The summed E-state index contributed by atoms with van der Waals surface area (Å²) in [6, 6.07) is 7.64. The second-order valence-electron chi connectivity index (χ2n) is 4.71. The van der Waals surface area contributed by atoms with Crippen molar-refractivity contribution < 1.29 is 9.47 Å². The van der Waals surface area contributed by atoms with Crippen molar-refractivity contribution >= 4 is 5.69 Å². The first-order valence-electron chi connectivity index (χ1n) is 6.57. The monoisotopic (exact) mass is 250 g/mol. The zero-order valence-electron chi connectivity index (χ0n) is 11.0. The van der Waals surface area contributed by atoms with Gasteiger partial charge in [-0.25, -0.2) is 0 Å². The fraction of sp³-hybridized carbons (Fsp3) is 0.571. The third kappa shape index (κ3) is 3.89. The van der Waals surface area contributed by atoms with Crippen LogP contribution in [-0.2, 0) is 4.74 Å². The molecule has 1 aromatic carbocycles. The Morgan fingerprint density at radius 3 is 2.78 bits per heavy atom. The van der Waals surface area contributed by atoms with Crippen LogP contribution in [0.5, 0.6) is 5.75 Å². The van der Waals surface area contributed by atoms with Crippen molar-refractivity contribution in [2.24, 2.45) is 0 Å².